The molecule has 0 saturated carbocycles. The van der Waals surface area contributed by atoms with Crippen molar-refractivity contribution in [1.29, 1.82) is 0 Å². The van der Waals surface area contributed by atoms with Gasteiger partial charge in [-0.15, -0.1) is 0 Å². The first-order valence-corrected chi connectivity index (χ1v) is 10.6. The molecule has 0 amide bonds. The summed E-state index contributed by atoms with van der Waals surface area (Å²) in [6, 6.07) is 28.7. The van der Waals surface area contributed by atoms with E-state index in [1.165, 1.54) is 12.1 Å². The van der Waals surface area contributed by atoms with Gasteiger partial charge in [0.15, 0.2) is 0 Å². The standard InChI is InChI=1S/C27H20N4O3/c32-20-14-15-23(24(33)16-20)26(17-6-2-1-3-7-17)29-28-19-12-10-18(11-13-19)25-21-8-4-5-9-22(21)27(34)31-30-25/h1-16,28,32-33H,(H,31,34)/b29-26-. The smallest absolute Gasteiger partial charge is 0.272 e. The topological polar surface area (TPSA) is 111 Å². The maximum atomic E-state index is 12.1. The van der Waals surface area contributed by atoms with Crippen molar-refractivity contribution in [3.05, 3.63) is 119 Å². The van der Waals surface area contributed by atoms with Crippen LogP contribution in [0.25, 0.3) is 22.0 Å². The van der Waals surface area contributed by atoms with Gasteiger partial charge in [-0.05, 0) is 30.3 Å². The van der Waals surface area contributed by atoms with Crippen molar-refractivity contribution in [3.63, 3.8) is 0 Å². The molecule has 0 aliphatic carbocycles. The molecule has 0 radical (unpaired) electrons. The largest absolute Gasteiger partial charge is 0.508 e. The second-order valence-corrected chi connectivity index (χ2v) is 7.66. The van der Waals surface area contributed by atoms with Crippen LogP contribution in [0.5, 0.6) is 11.5 Å². The number of benzene rings is 4. The first kappa shape index (κ1) is 21.0. The van der Waals surface area contributed by atoms with Gasteiger partial charge in [-0.1, -0.05) is 60.7 Å². The minimum Gasteiger partial charge on any atom is -0.508 e. The number of rotatable bonds is 5. The Hall–Kier alpha value is -4.91. The highest BCUT2D eigenvalue weighted by Crippen LogP contribution is 2.27. The summed E-state index contributed by atoms with van der Waals surface area (Å²) in [4.78, 5) is 12.1. The van der Waals surface area contributed by atoms with Crippen LogP contribution in [0.15, 0.2) is 107 Å². The number of hydrazone groups is 1. The number of H-pyrrole nitrogens is 1. The monoisotopic (exact) mass is 448 g/mol. The molecule has 1 heterocycles. The number of nitrogens with zero attached hydrogens (tertiary/aromatic N) is 2. The fraction of sp³-hybridized carbons (Fsp3) is 0. The molecule has 4 N–H and O–H groups in total. The van der Waals surface area contributed by atoms with Gasteiger partial charge in [0.05, 0.1) is 16.8 Å². The highest BCUT2D eigenvalue weighted by Gasteiger charge is 2.13. The van der Waals surface area contributed by atoms with Crippen LogP contribution >= 0.6 is 0 Å². The average molecular weight is 448 g/mol. The van der Waals surface area contributed by atoms with Gasteiger partial charge in [0.1, 0.15) is 17.2 Å². The molecule has 0 spiro atoms. The van der Waals surface area contributed by atoms with Crippen molar-refractivity contribution in [2.45, 2.75) is 0 Å². The van der Waals surface area contributed by atoms with Gasteiger partial charge in [0.2, 0.25) is 0 Å². The molecule has 0 unspecified atom stereocenters. The van der Waals surface area contributed by atoms with Crippen molar-refractivity contribution < 1.29 is 10.2 Å². The van der Waals surface area contributed by atoms with E-state index in [0.29, 0.717) is 22.4 Å². The van der Waals surface area contributed by atoms with Gasteiger partial charge < -0.3 is 10.2 Å². The summed E-state index contributed by atoms with van der Waals surface area (Å²) in [5.74, 6) is -0.101. The van der Waals surface area contributed by atoms with Crippen LogP contribution in [0.1, 0.15) is 11.1 Å². The zero-order valence-electron chi connectivity index (χ0n) is 17.9. The number of anilines is 1. The van der Waals surface area contributed by atoms with Crippen molar-refractivity contribution >= 4 is 22.2 Å². The predicted octanol–water partition coefficient (Wildman–Crippen LogP) is 4.87. The molecule has 0 saturated heterocycles. The minimum absolute atomic E-state index is 0.0272. The molecule has 34 heavy (non-hydrogen) atoms. The first-order valence-electron chi connectivity index (χ1n) is 10.6. The van der Waals surface area contributed by atoms with Gasteiger partial charge in [-0.3, -0.25) is 10.2 Å². The number of aromatic hydroxyl groups is 2. The third-order valence-corrected chi connectivity index (χ3v) is 5.43. The van der Waals surface area contributed by atoms with Crippen molar-refractivity contribution in [1.82, 2.24) is 10.2 Å². The Morgan fingerprint density at radius 3 is 2.26 bits per heavy atom. The first-order chi connectivity index (χ1) is 16.6. The lowest BCUT2D eigenvalue weighted by atomic mass is 10.0. The number of fused-ring (bicyclic) bond motifs is 1. The van der Waals surface area contributed by atoms with E-state index in [4.69, 9.17) is 0 Å². The lowest BCUT2D eigenvalue weighted by molar-refractivity contribution is 0.450. The average Bonchev–Trinajstić information content (AvgIpc) is 2.87. The predicted molar refractivity (Wildman–Crippen MR) is 133 cm³/mol. The number of phenolic OH excluding ortho intramolecular Hbond substituents is 2. The molecule has 0 aliphatic rings. The molecule has 7 heteroatoms. The molecule has 5 rings (SSSR count). The van der Waals surface area contributed by atoms with E-state index in [2.05, 4.69) is 20.7 Å². The third kappa shape index (κ3) is 4.10. The van der Waals surface area contributed by atoms with Crippen LogP contribution in [0.3, 0.4) is 0 Å². The lowest BCUT2D eigenvalue weighted by Crippen LogP contribution is -2.09. The fourth-order valence-electron chi connectivity index (χ4n) is 3.75. The molecule has 5 aromatic rings. The van der Waals surface area contributed by atoms with E-state index in [1.807, 2.05) is 72.8 Å². The number of aromatic amines is 1. The van der Waals surface area contributed by atoms with E-state index >= 15 is 0 Å². The second kappa shape index (κ2) is 8.91. The summed E-state index contributed by atoms with van der Waals surface area (Å²) >= 11 is 0. The van der Waals surface area contributed by atoms with Crippen LogP contribution in [-0.2, 0) is 0 Å². The van der Waals surface area contributed by atoms with E-state index in [9.17, 15) is 15.0 Å². The highest BCUT2D eigenvalue weighted by molar-refractivity contribution is 6.14. The maximum Gasteiger partial charge on any atom is 0.272 e. The van der Waals surface area contributed by atoms with Crippen LogP contribution in [0.2, 0.25) is 0 Å². The molecule has 0 atom stereocenters. The maximum absolute atomic E-state index is 12.1. The quantitative estimate of drug-likeness (QED) is 0.227. The number of phenols is 2. The van der Waals surface area contributed by atoms with Crippen molar-refractivity contribution in [3.8, 4) is 22.8 Å². The molecular formula is C27H20N4O3. The van der Waals surface area contributed by atoms with Crippen molar-refractivity contribution in [2.24, 2.45) is 5.10 Å². The van der Waals surface area contributed by atoms with E-state index in [-0.39, 0.29) is 17.1 Å². The summed E-state index contributed by atoms with van der Waals surface area (Å²) in [5, 5.41) is 32.8. The van der Waals surface area contributed by atoms with E-state index in [1.54, 1.807) is 12.1 Å². The summed E-state index contributed by atoms with van der Waals surface area (Å²) in [7, 11) is 0. The Labute approximate surface area is 194 Å². The zero-order valence-corrected chi connectivity index (χ0v) is 17.9. The van der Waals surface area contributed by atoms with Crippen LogP contribution in [0.4, 0.5) is 5.69 Å². The van der Waals surface area contributed by atoms with Crippen LogP contribution in [0, 0.1) is 0 Å². The third-order valence-electron chi connectivity index (χ3n) is 5.43. The second-order valence-electron chi connectivity index (χ2n) is 7.66. The zero-order chi connectivity index (χ0) is 23.5. The molecule has 7 nitrogen and oxygen atoms in total. The normalized spacial score (nSPS) is 11.5. The van der Waals surface area contributed by atoms with E-state index in [0.717, 1.165) is 22.2 Å². The molecule has 0 bridgehead atoms. The Bertz CT molecular complexity index is 1560. The highest BCUT2D eigenvalue weighted by atomic mass is 16.3. The van der Waals surface area contributed by atoms with Gasteiger partial charge in [0, 0.05) is 28.1 Å². The summed E-state index contributed by atoms with van der Waals surface area (Å²) in [6.45, 7) is 0. The molecule has 0 aliphatic heterocycles. The van der Waals surface area contributed by atoms with Crippen LogP contribution < -0.4 is 11.0 Å². The Balaban J connectivity index is 1.48. The van der Waals surface area contributed by atoms with Gasteiger partial charge in [0.25, 0.3) is 5.56 Å². The molecule has 0 fully saturated rings. The van der Waals surface area contributed by atoms with Gasteiger partial charge in [-0.25, -0.2) is 5.10 Å². The fourth-order valence-corrected chi connectivity index (χ4v) is 3.75. The van der Waals surface area contributed by atoms with Gasteiger partial charge >= 0.3 is 0 Å². The van der Waals surface area contributed by atoms with Crippen LogP contribution in [-0.4, -0.2) is 26.1 Å². The summed E-state index contributed by atoms with van der Waals surface area (Å²) in [5.41, 5.74) is 6.89. The minimum atomic E-state index is -0.224. The van der Waals surface area contributed by atoms with E-state index < -0.39 is 0 Å². The molecule has 4 aromatic carbocycles. The number of hydrogen-bond donors (Lipinski definition) is 4. The van der Waals surface area contributed by atoms with Crippen molar-refractivity contribution in [2.75, 3.05) is 5.43 Å². The number of aromatic nitrogens is 2. The molecule has 166 valence electrons. The SMILES string of the molecule is O=c1[nH]nc(-c2ccc(N/N=C(/c3ccccc3)c3ccc(O)cc3O)cc2)c2ccccc12. The Morgan fingerprint density at radius 1 is 0.824 bits per heavy atom. The lowest BCUT2D eigenvalue weighted by Gasteiger charge is -2.11. The summed E-state index contributed by atoms with van der Waals surface area (Å²) in [6.07, 6.45) is 0. The Kier molecular flexibility index (Phi) is 5.50. The number of hydrogen-bond acceptors (Lipinski definition) is 6. The molecular weight excluding hydrogens is 428 g/mol. The van der Waals surface area contributed by atoms with Gasteiger partial charge in [-0.2, -0.15) is 10.2 Å². The summed E-state index contributed by atoms with van der Waals surface area (Å²) < 4.78 is 0. The molecule has 1 aromatic heterocycles. The Morgan fingerprint density at radius 2 is 1.53 bits per heavy atom. The number of nitrogens with one attached hydrogen (secondary N) is 2.